The van der Waals surface area contributed by atoms with Crippen LogP contribution in [0.5, 0.6) is 0 Å². The normalized spacial score (nSPS) is 22.9. The third kappa shape index (κ3) is 10.0. The van der Waals surface area contributed by atoms with Crippen LogP contribution in [-0.4, -0.2) is 122 Å². The van der Waals surface area contributed by atoms with Gasteiger partial charge >= 0.3 is 0 Å². The number of hydrogen-bond acceptors (Lipinski definition) is 8. The van der Waals surface area contributed by atoms with Gasteiger partial charge in [-0.05, 0) is 39.7 Å². The van der Waals surface area contributed by atoms with E-state index in [9.17, 15) is 0 Å². The van der Waals surface area contributed by atoms with Gasteiger partial charge in [-0.2, -0.15) is 0 Å². The fourth-order valence-corrected chi connectivity index (χ4v) is 4.66. The van der Waals surface area contributed by atoms with Crippen LogP contribution in [0.1, 0.15) is 41.0 Å². The van der Waals surface area contributed by atoms with Crippen molar-refractivity contribution >= 4 is 7.85 Å². The number of methoxy groups -OCH3 is 1. The number of hydrogen-bond donors (Lipinski definition) is 0. The molecule has 34 heavy (non-hydrogen) atoms. The number of rotatable bonds is 16. The summed E-state index contributed by atoms with van der Waals surface area (Å²) in [5.41, 5.74) is -0.541. The van der Waals surface area contributed by atoms with Crippen LogP contribution in [0.25, 0.3) is 0 Å². The molecule has 2 heterocycles. The van der Waals surface area contributed by atoms with Gasteiger partial charge in [-0.15, -0.1) is 0 Å². The molecular weight excluding hydrogens is 435 g/mol. The Kier molecular flexibility index (Phi) is 12.1. The van der Waals surface area contributed by atoms with Gasteiger partial charge in [-0.3, -0.25) is 4.90 Å². The summed E-state index contributed by atoms with van der Waals surface area (Å²) in [6.45, 7) is 19.4. The van der Waals surface area contributed by atoms with E-state index < -0.39 is 17.7 Å². The Labute approximate surface area is 208 Å². The highest BCUT2D eigenvalue weighted by Crippen LogP contribution is 2.36. The average Bonchev–Trinajstić information content (AvgIpc) is 3.05. The van der Waals surface area contributed by atoms with Gasteiger partial charge in [0.15, 0.2) is 11.5 Å². The molecule has 2 radical (unpaired) electrons. The molecule has 1 unspecified atom stereocenters. The molecule has 0 aromatic rings. The summed E-state index contributed by atoms with van der Waals surface area (Å²) in [5, 5.41) is 0. The van der Waals surface area contributed by atoms with E-state index in [4.69, 9.17) is 36.3 Å². The summed E-state index contributed by atoms with van der Waals surface area (Å²) in [6, 6.07) is -0.618. The molecule has 0 aromatic carbocycles. The van der Waals surface area contributed by atoms with Crippen LogP contribution in [0.2, 0.25) is 0 Å². The molecule has 196 valence electrons. The molecule has 0 saturated carbocycles. The van der Waals surface area contributed by atoms with Crippen LogP contribution in [0.4, 0.5) is 0 Å². The van der Waals surface area contributed by atoms with Crippen LogP contribution < -0.4 is 0 Å². The minimum atomic E-state index is -0.618. The fourth-order valence-electron chi connectivity index (χ4n) is 4.66. The molecule has 0 N–H and O–H groups in total. The van der Waals surface area contributed by atoms with Crippen molar-refractivity contribution < 1.29 is 28.4 Å². The van der Waals surface area contributed by atoms with Crippen molar-refractivity contribution in [3.8, 4) is 0 Å². The lowest BCUT2D eigenvalue weighted by molar-refractivity contribution is -0.112. The van der Waals surface area contributed by atoms with Gasteiger partial charge in [0.25, 0.3) is 0 Å². The number of piperazine rings is 1. The lowest BCUT2D eigenvalue weighted by Gasteiger charge is -2.37. The standard InChI is InChI=1S/C25H47BN2O6/c1-8-30-17-20-21(29-7)22(23(26)33-20)34-25(4,5)18-24(2,3)19-32-16-15-31-14-13-28-11-9-27(6)10-12-28/h22-23H,8-19H2,1-7H3/t22?,23-/m1/s1. The first-order valence-electron chi connectivity index (χ1n) is 12.6. The second kappa shape index (κ2) is 14.0. The molecule has 1 saturated heterocycles. The molecule has 0 spiro atoms. The summed E-state index contributed by atoms with van der Waals surface area (Å²) in [5.74, 6) is 1.21. The summed E-state index contributed by atoms with van der Waals surface area (Å²) in [4.78, 5) is 4.82. The monoisotopic (exact) mass is 482 g/mol. The van der Waals surface area contributed by atoms with Crippen LogP contribution in [-0.2, 0) is 28.4 Å². The lowest BCUT2D eigenvalue weighted by atomic mass is 9.82. The lowest BCUT2D eigenvalue weighted by Crippen LogP contribution is -2.45. The Morgan fingerprint density at radius 1 is 1.00 bits per heavy atom. The quantitative estimate of drug-likeness (QED) is 0.245. The molecule has 0 bridgehead atoms. The SMILES string of the molecule is [B][C@@H]1OC(COCC)=C(OC)C1OC(C)(C)CC(C)(C)COCCOCCN1CCN(C)CC1. The van der Waals surface area contributed by atoms with Gasteiger partial charge in [0.05, 0.1) is 45.1 Å². The van der Waals surface area contributed by atoms with Crippen LogP contribution in [0, 0.1) is 5.41 Å². The molecule has 1 fully saturated rings. The Morgan fingerprint density at radius 3 is 2.32 bits per heavy atom. The number of ether oxygens (including phenoxy) is 6. The van der Waals surface area contributed by atoms with E-state index in [2.05, 4.69) is 44.5 Å². The molecule has 2 atom stereocenters. The highest BCUT2D eigenvalue weighted by Gasteiger charge is 2.41. The third-order valence-electron chi connectivity index (χ3n) is 6.13. The van der Waals surface area contributed by atoms with E-state index in [0.717, 1.165) is 45.8 Å². The molecule has 0 aromatic heterocycles. The van der Waals surface area contributed by atoms with Gasteiger partial charge in [-0.1, -0.05) is 13.8 Å². The zero-order chi connectivity index (χ0) is 25.2. The van der Waals surface area contributed by atoms with Crippen molar-refractivity contribution in [2.24, 2.45) is 5.41 Å². The summed E-state index contributed by atoms with van der Waals surface area (Å²) < 4.78 is 34.9. The topological polar surface area (TPSA) is 61.9 Å². The number of nitrogens with zero attached hydrogens (tertiary/aromatic N) is 2. The molecule has 2 aliphatic heterocycles. The van der Waals surface area contributed by atoms with Crippen molar-refractivity contribution in [2.45, 2.75) is 58.7 Å². The van der Waals surface area contributed by atoms with Crippen LogP contribution in [0.15, 0.2) is 11.5 Å². The minimum absolute atomic E-state index is 0.0853. The maximum atomic E-state index is 6.41. The predicted octanol–water partition coefficient (Wildman–Crippen LogP) is 2.27. The van der Waals surface area contributed by atoms with Crippen LogP contribution >= 0.6 is 0 Å². The zero-order valence-corrected chi connectivity index (χ0v) is 22.6. The smallest absolute Gasteiger partial charge is 0.167 e. The van der Waals surface area contributed by atoms with Crippen molar-refractivity contribution in [1.29, 1.82) is 0 Å². The highest BCUT2D eigenvalue weighted by molar-refractivity contribution is 6.12. The second-order valence-electron chi connectivity index (χ2n) is 10.7. The minimum Gasteiger partial charge on any atom is -0.496 e. The van der Waals surface area contributed by atoms with E-state index in [1.165, 1.54) is 0 Å². The van der Waals surface area contributed by atoms with Gasteiger partial charge in [-0.25, -0.2) is 0 Å². The number of likely N-dealkylation sites (N-methyl/N-ethyl adjacent to an activating group) is 1. The van der Waals surface area contributed by atoms with Crippen molar-refractivity contribution in [3.63, 3.8) is 0 Å². The molecule has 0 amide bonds. The van der Waals surface area contributed by atoms with Gasteiger partial charge in [0.1, 0.15) is 20.6 Å². The summed E-state index contributed by atoms with van der Waals surface area (Å²) >= 11 is 0. The van der Waals surface area contributed by atoms with Crippen molar-refractivity contribution in [2.75, 3.05) is 86.5 Å². The van der Waals surface area contributed by atoms with Gasteiger partial charge < -0.3 is 33.3 Å². The summed E-state index contributed by atoms with van der Waals surface area (Å²) in [7, 11) is 9.98. The molecular formula is C25H47BN2O6. The Hall–Kier alpha value is -0.835. The van der Waals surface area contributed by atoms with E-state index >= 15 is 0 Å². The second-order valence-corrected chi connectivity index (χ2v) is 10.7. The first kappa shape index (κ1) is 29.4. The molecule has 8 nitrogen and oxygen atoms in total. The van der Waals surface area contributed by atoms with Crippen molar-refractivity contribution in [3.05, 3.63) is 11.5 Å². The van der Waals surface area contributed by atoms with E-state index in [1.807, 2.05) is 6.92 Å². The van der Waals surface area contributed by atoms with Gasteiger partial charge in [0.2, 0.25) is 0 Å². The molecule has 9 heteroatoms. The zero-order valence-electron chi connectivity index (χ0n) is 22.6. The molecule has 2 aliphatic rings. The first-order valence-corrected chi connectivity index (χ1v) is 12.6. The molecule has 2 rings (SSSR count). The fraction of sp³-hybridized carbons (Fsp3) is 0.920. The average molecular weight is 482 g/mol. The van der Waals surface area contributed by atoms with Crippen molar-refractivity contribution in [1.82, 2.24) is 9.80 Å². The van der Waals surface area contributed by atoms with E-state index in [1.54, 1.807) is 7.11 Å². The summed E-state index contributed by atoms with van der Waals surface area (Å²) in [6.07, 6.45) is 0.312. The van der Waals surface area contributed by atoms with Crippen LogP contribution in [0.3, 0.4) is 0 Å². The molecule has 0 aliphatic carbocycles. The van der Waals surface area contributed by atoms with E-state index in [0.29, 0.717) is 44.6 Å². The first-order chi connectivity index (χ1) is 16.1. The third-order valence-corrected chi connectivity index (χ3v) is 6.13. The Balaban J connectivity index is 1.69. The maximum absolute atomic E-state index is 6.41. The predicted molar refractivity (Wildman–Crippen MR) is 134 cm³/mol. The van der Waals surface area contributed by atoms with Gasteiger partial charge in [0, 0.05) is 39.3 Å². The largest absolute Gasteiger partial charge is 0.496 e. The highest BCUT2D eigenvalue weighted by atomic mass is 16.6. The van der Waals surface area contributed by atoms with E-state index in [-0.39, 0.29) is 5.41 Å². The Bertz CT molecular complexity index is 623. The Morgan fingerprint density at radius 2 is 1.68 bits per heavy atom. The maximum Gasteiger partial charge on any atom is 0.167 e.